The molecular formula is C13H15ClN2O2. The number of halogens is 1. The first kappa shape index (κ1) is 13.2. The molecule has 0 bridgehead atoms. The first-order valence-corrected chi connectivity index (χ1v) is 6.31. The molecule has 0 aliphatic carbocycles. The van der Waals surface area contributed by atoms with Gasteiger partial charge in [0.1, 0.15) is 11.8 Å². The quantitative estimate of drug-likeness (QED) is 0.878. The van der Waals surface area contributed by atoms with Crippen molar-refractivity contribution in [1.82, 2.24) is 5.32 Å². The second-order valence-corrected chi connectivity index (χ2v) is 4.72. The van der Waals surface area contributed by atoms with E-state index < -0.39 is 6.04 Å². The largest absolute Gasteiger partial charge is 0.506 e. The van der Waals surface area contributed by atoms with Gasteiger partial charge in [0, 0.05) is 13.2 Å². The van der Waals surface area contributed by atoms with Gasteiger partial charge in [0.05, 0.1) is 17.2 Å². The van der Waals surface area contributed by atoms with Crippen molar-refractivity contribution in [3.8, 4) is 11.8 Å². The van der Waals surface area contributed by atoms with Gasteiger partial charge in [0.15, 0.2) is 0 Å². The molecule has 0 radical (unpaired) electrons. The first-order chi connectivity index (χ1) is 8.70. The summed E-state index contributed by atoms with van der Waals surface area (Å²) in [5.41, 5.74) is 0.748. The maximum atomic E-state index is 9.35. The maximum absolute atomic E-state index is 9.35. The van der Waals surface area contributed by atoms with Crippen LogP contribution >= 0.6 is 11.6 Å². The Morgan fingerprint density at radius 3 is 3.06 bits per heavy atom. The Hall–Kier alpha value is -1.28. The smallest absolute Gasteiger partial charge is 0.134 e. The summed E-state index contributed by atoms with van der Waals surface area (Å²) in [5.74, 6) is 0.0243. The zero-order valence-electron chi connectivity index (χ0n) is 9.90. The van der Waals surface area contributed by atoms with Crippen molar-refractivity contribution in [1.29, 1.82) is 5.26 Å². The highest BCUT2D eigenvalue weighted by atomic mass is 35.5. The fourth-order valence-corrected chi connectivity index (χ4v) is 2.18. The van der Waals surface area contributed by atoms with Crippen molar-refractivity contribution in [2.75, 3.05) is 13.2 Å². The highest BCUT2D eigenvalue weighted by molar-refractivity contribution is 6.32. The van der Waals surface area contributed by atoms with E-state index in [-0.39, 0.29) is 16.9 Å². The Bertz CT molecular complexity index is 453. The molecule has 0 spiro atoms. The van der Waals surface area contributed by atoms with Gasteiger partial charge in [0.25, 0.3) is 0 Å². The van der Waals surface area contributed by atoms with Crippen LogP contribution in [0.5, 0.6) is 5.75 Å². The van der Waals surface area contributed by atoms with E-state index in [1.165, 1.54) is 6.07 Å². The molecule has 0 aromatic heterocycles. The van der Waals surface area contributed by atoms with E-state index in [0.29, 0.717) is 6.54 Å². The molecule has 4 nitrogen and oxygen atoms in total. The van der Waals surface area contributed by atoms with Gasteiger partial charge in [-0.2, -0.15) is 5.26 Å². The van der Waals surface area contributed by atoms with Crippen molar-refractivity contribution >= 4 is 11.6 Å². The third-order valence-corrected chi connectivity index (χ3v) is 3.31. The molecule has 18 heavy (non-hydrogen) atoms. The lowest BCUT2D eigenvalue weighted by Crippen LogP contribution is -2.29. The molecule has 1 aromatic carbocycles. The van der Waals surface area contributed by atoms with Crippen LogP contribution in [0.2, 0.25) is 5.02 Å². The topological polar surface area (TPSA) is 65.3 Å². The van der Waals surface area contributed by atoms with E-state index in [4.69, 9.17) is 21.6 Å². The molecule has 0 amide bonds. The van der Waals surface area contributed by atoms with E-state index in [1.54, 1.807) is 12.1 Å². The molecule has 1 aromatic rings. The Kier molecular flexibility index (Phi) is 4.43. The molecule has 2 unspecified atom stereocenters. The summed E-state index contributed by atoms with van der Waals surface area (Å²) < 4.78 is 5.49. The molecule has 1 aliphatic rings. The van der Waals surface area contributed by atoms with Crippen LogP contribution in [-0.2, 0) is 4.74 Å². The number of phenolic OH excluding ortho intramolecular Hbond substituents is 1. The molecule has 0 saturated carbocycles. The van der Waals surface area contributed by atoms with Crippen LogP contribution in [0, 0.1) is 11.3 Å². The number of aromatic hydroxyl groups is 1. The minimum Gasteiger partial charge on any atom is -0.506 e. The van der Waals surface area contributed by atoms with Crippen molar-refractivity contribution in [3.63, 3.8) is 0 Å². The molecule has 1 fully saturated rings. The number of hydrogen-bond acceptors (Lipinski definition) is 4. The lowest BCUT2D eigenvalue weighted by atomic mass is 10.1. The summed E-state index contributed by atoms with van der Waals surface area (Å²) in [6, 6.07) is 6.54. The summed E-state index contributed by atoms with van der Waals surface area (Å²) >= 11 is 5.83. The van der Waals surface area contributed by atoms with Crippen molar-refractivity contribution in [2.45, 2.75) is 25.0 Å². The Balaban J connectivity index is 1.99. The molecule has 1 heterocycles. The Morgan fingerprint density at radius 2 is 2.44 bits per heavy atom. The lowest BCUT2D eigenvalue weighted by Gasteiger charge is -2.15. The third kappa shape index (κ3) is 3.14. The molecule has 2 N–H and O–H groups in total. The van der Waals surface area contributed by atoms with Crippen LogP contribution in [-0.4, -0.2) is 24.4 Å². The minimum atomic E-state index is -0.438. The van der Waals surface area contributed by atoms with E-state index in [0.717, 1.165) is 25.0 Å². The van der Waals surface area contributed by atoms with Crippen LogP contribution in [0.3, 0.4) is 0 Å². The molecule has 1 saturated heterocycles. The van der Waals surface area contributed by atoms with Crippen LogP contribution in [0.1, 0.15) is 24.4 Å². The van der Waals surface area contributed by atoms with Crippen LogP contribution in [0.15, 0.2) is 18.2 Å². The maximum Gasteiger partial charge on any atom is 0.134 e. The number of nitrogens with one attached hydrogen (secondary N) is 1. The number of hydrogen-bond donors (Lipinski definition) is 2. The normalized spacial score (nSPS) is 20.6. The predicted molar refractivity (Wildman–Crippen MR) is 68.4 cm³/mol. The highest BCUT2D eigenvalue weighted by Crippen LogP contribution is 2.26. The van der Waals surface area contributed by atoms with Gasteiger partial charge >= 0.3 is 0 Å². The summed E-state index contributed by atoms with van der Waals surface area (Å²) in [7, 11) is 0. The van der Waals surface area contributed by atoms with E-state index in [1.807, 2.05) is 0 Å². The fourth-order valence-electron chi connectivity index (χ4n) is 2.00. The number of benzene rings is 1. The minimum absolute atomic E-state index is 0.0243. The zero-order chi connectivity index (χ0) is 13.0. The summed E-state index contributed by atoms with van der Waals surface area (Å²) in [5, 5.41) is 21.9. The van der Waals surface area contributed by atoms with Crippen molar-refractivity contribution in [2.24, 2.45) is 0 Å². The van der Waals surface area contributed by atoms with Crippen LogP contribution in [0.25, 0.3) is 0 Å². The SMILES string of the molecule is N#CC(NCC1CCCO1)c1ccc(O)c(Cl)c1. The van der Waals surface area contributed by atoms with Crippen molar-refractivity contribution in [3.05, 3.63) is 28.8 Å². The molecule has 2 atom stereocenters. The summed E-state index contributed by atoms with van der Waals surface area (Å²) in [6.45, 7) is 1.45. The van der Waals surface area contributed by atoms with Gasteiger partial charge in [-0.05, 0) is 30.5 Å². The average Bonchev–Trinajstić information content (AvgIpc) is 2.87. The summed E-state index contributed by atoms with van der Waals surface area (Å²) in [4.78, 5) is 0. The predicted octanol–water partition coefficient (Wildman–Crippen LogP) is 2.38. The lowest BCUT2D eigenvalue weighted by molar-refractivity contribution is 0.109. The van der Waals surface area contributed by atoms with Crippen LogP contribution in [0.4, 0.5) is 0 Å². The monoisotopic (exact) mass is 266 g/mol. The number of nitriles is 1. The van der Waals surface area contributed by atoms with E-state index in [9.17, 15) is 5.11 Å². The standard InChI is InChI=1S/C13H15ClN2O2/c14-11-6-9(3-4-13(11)17)12(7-15)16-8-10-2-1-5-18-10/h3-4,6,10,12,16-17H,1-2,5,8H2. The first-order valence-electron chi connectivity index (χ1n) is 5.93. The van der Waals surface area contributed by atoms with Crippen LogP contribution < -0.4 is 5.32 Å². The Morgan fingerprint density at radius 1 is 1.61 bits per heavy atom. The number of phenols is 1. The number of ether oxygens (including phenoxy) is 1. The average molecular weight is 267 g/mol. The van der Waals surface area contributed by atoms with Gasteiger partial charge in [-0.1, -0.05) is 17.7 Å². The number of nitrogens with zero attached hydrogens (tertiary/aromatic N) is 1. The van der Waals surface area contributed by atoms with E-state index >= 15 is 0 Å². The molecule has 2 rings (SSSR count). The second-order valence-electron chi connectivity index (χ2n) is 4.32. The van der Waals surface area contributed by atoms with Crippen molar-refractivity contribution < 1.29 is 9.84 Å². The fraction of sp³-hybridized carbons (Fsp3) is 0.462. The highest BCUT2D eigenvalue weighted by Gasteiger charge is 2.18. The van der Waals surface area contributed by atoms with Gasteiger partial charge < -0.3 is 9.84 Å². The molecule has 5 heteroatoms. The summed E-state index contributed by atoms with van der Waals surface area (Å²) in [6.07, 6.45) is 2.30. The third-order valence-electron chi connectivity index (χ3n) is 3.01. The molecular weight excluding hydrogens is 252 g/mol. The van der Waals surface area contributed by atoms with Gasteiger partial charge in [-0.25, -0.2) is 0 Å². The van der Waals surface area contributed by atoms with E-state index in [2.05, 4.69) is 11.4 Å². The molecule has 96 valence electrons. The Labute approximate surface area is 111 Å². The number of rotatable bonds is 4. The van der Waals surface area contributed by atoms with Gasteiger partial charge in [-0.15, -0.1) is 0 Å². The van der Waals surface area contributed by atoms with Gasteiger partial charge in [-0.3, -0.25) is 5.32 Å². The van der Waals surface area contributed by atoms with Gasteiger partial charge in [0.2, 0.25) is 0 Å². The second kappa shape index (κ2) is 6.05. The zero-order valence-corrected chi connectivity index (χ0v) is 10.7. The molecule has 1 aliphatic heterocycles.